The van der Waals surface area contributed by atoms with Crippen LogP contribution in [-0.2, 0) is 9.84 Å². The Hall–Kier alpha value is -1.01. The topological polar surface area (TPSA) is 85.9 Å². The van der Waals surface area contributed by atoms with Gasteiger partial charge in [0.25, 0.3) is 0 Å². The molecule has 2 N–H and O–H groups in total. The van der Waals surface area contributed by atoms with Gasteiger partial charge in [-0.25, -0.2) is 18.4 Å². The lowest BCUT2D eigenvalue weighted by Crippen LogP contribution is -2.42. The molecule has 0 aliphatic carbocycles. The van der Waals surface area contributed by atoms with Crippen molar-refractivity contribution in [1.82, 2.24) is 9.97 Å². The normalized spacial score (nSPS) is 14.9. The first-order chi connectivity index (χ1) is 6.77. The predicted octanol–water partition coefficient (Wildman–Crippen LogP) is 0.300. The van der Waals surface area contributed by atoms with Crippen molar-refractivity contribution in [2.45, 2.75) is 24.6 Å². The van der Waals surface area contributed by atoms with Gasteiger partial charge in [0.2, 0.25) is 0 Å². The molecule has 0 bridgehead atoms. The van der Waals surface area contributed by atoms with Crippen LogP contribution in [-0.4, -0.2) is 29.4 Å². The molecule has 6 heteroatoms. The molecule has 0 spiro atoms. The zero-order valence-corrected chi connectivity index (χ0v) is 9.82. The van der Waals surface area contributed by atoms with Gasteiger partial charge in [-0.3, -0.25) is 0 Å². The molecule has 1 aromatic rings. The molecule has 1 atom stereocenters. The lowest BCUT2D eigenvalue weighted by Gasteiger charge is -2.29. The predicted molar refractivity (Wildman–Crippen MR) is 57.9 cm³/mol. The Morgan fingerprint density at radius 1 is 1.33 bits per heavy atom. The van der Waals surface area contributed by atoms with Gasteiger partial charge in [0, 0.05) is 24.2 Å². The van der Waals surface area contributed by atoms with E-state index in [9.17, 15) is 8.42 Å². The summed E-state index contributed by atoms with van der Waals surface area (Å²) in [4.78, 5) is 7.63. The second kappa shape index (κ2) is 3.86. The molecular weight excluding hydrogens is 214 g/mol. The van der Waals surface area contributed by atoms with Crippen molar-refractivity contribution in [2.75, 3.05) is 6.26 Å². The summed E-state index contributed by atoms with van der Waals surface area (Å²) in [5.74, 6) is 0. The van der Waals surface area contributed by atoms with E-state index >= 15 is 0 Å². The van der Waals surface area contributed by atoms with E-state index in [0.717, 1.165) is 0 Å². The van der Waals surface area contributed by atoms with Crippen LogP contribution in [0.4, 0.5) is 0 Å². The van der Waals surface area contributed by atoms with E-state index in [2.05, 4.69) is 9.97 Å². The fourth-order valence-electron chi connectivity index (χ4n) is 1.10. The summed E-state index contributed by atoms with van der Waals surface area (Å²) in [6.45, 7) is 3.19. The molecule has 84 valence electrons. The average Bonchev–Trinajstić information content (AvgIpc) is 2.16. The molecule has 0 aliphatic heterocycles. The minimum absolute atomic E-state index is 0.618. The minimum Gasteiger partial charge on any atom is -0.323 e. The van der Waals surface area contributed by atoms with Crippen LogP contribution in [0.1, 0.15) is 25.5 Å². The first kappa shape index (κ1) is 12.1. The van der Waals surface area contributed by atoms with Crippen molar-refractivity contribution in [3.8, 4) is 0 Å². The lowest BCUT2D eigenvalue weighted by molar-refractivity contribution is 0.495. The smallest absolute Gasteiger partial charge is 0.154 e. The van der Waals surface area contributed by atoms with Crippen molar-refractivity contribution in [3.63, 3.8) is 0 Å². The highest BCUT2D eigenvalue weighted by Crippen LogP contribution is 2.29. The highest BCUT2D eigenvalue weighted by molar-refractivity contribution is 7.92. The highest BCUT2D eigenvalue weighted by Gasteiger charge is 2.37. The Bertz CT molecular complexity index is 428. The molecule has 0 amide bonds. The molecular formula is C9H15N3O2S. The van der Waals surface area contributed by atoms with Crippen molar-refractivity contribution in [2.24, 2.45) is 5.73 Å². The first-order valence-corrected chi connectivity index (χ1v) is 6.36. The lowest BCUT2D eigenvalue weighted by atomic mass is 9.99. The molecule has 15 heavy (non-hydrogen) atoms. The van der Waals surface area contributed by atoms with Crippen LogP contribution in [0.15, 0.2) is 18.7 Å². The number of nitrogens with zero attached hydrogens (tertiary/aromatic N) is 2. The van der Waals surface area contributed by atoms with Crippen LogP contribution in [0.2, 0.25) is 0 Å². The van der Waals surface area contributed by atoms with Gasteiger partial charge >= 0.3 is 0 Å². The SMILES string of the molecule is CC(C)(C(N)c1cncnc1)S(C)(=O)=O. The van der Waals surface area contributed by atoms with Crippen molar-refractivity contribution in [1.29, 1.82) is 0 Å². The summed E-state index contributed by atoms with van der Waals surface area (Å²) >= 11 is 0. The number of aromatic nitrogens is 2. The van der Waals surface area contributed by atoms with Gasteiger partial charge in [-0.1, -0.05) is 0 Å². The van der Waals surface area contributed by atoms with Gasteiger partial charge in [0.1, 0.15) is 6.33 Å². The third-order valence-electron chi connectivity index (χ3n) is 2.64. The molecule has 0 aromatic carbocycles. The number of rotatable bonds is 3. The Morgan fingerprint density at radius 2 is 1.80 bits per heavy atom. The molecule has 0 aliphatic rings. The number of hydrogen-bond acceptors (Lipinski definition) is 5. The maximum Gasteiger partial charge on any atom is 0.154 e. The van der Waals surface area contributed by atoms with Crippen LogP contribution in [0, 0.1) is 0 Å². The molecule has 1 unspecified atom stereocenters. The van der Waals surface area contributed by atoms with Crippen LogP contribution in [0.25, 0.3) is 0 Å². The number of hydrogen-bond donors (Lipinski definition) is 1. The van der Waals surface area contributed by atoms with E-state index in [1.54, 1.807) is 13.8 Å². The molecule has 5 nitrogen and oxygen atoms in total. The van der Waals surface area contributed by atoms with Gasteiger partial charge in [-0.2, -0.15) is 0 Å². The molecule has 0 radical (unpaired) electrons. The molecule has 1 rings (SSSR count). The molecule has 0 fully saturated rings. The summed E-state index contributed by atoms with van der Waals surface area (Å²) in [7, 11) is -3.23. The Kier molecular flexibility index (Phi) is 3.11. The van der Waals surface area contributed by atoms with E-state index in [1.165, 1.54) is 25.0 Å². The largest absolute Gasteiger partial charge is 0.323 e. The number of sulfone groups is 1. The maximum absolute atomic E-state index is 11.5. The van der Waals surface area contributed by atoms with E-state index in [0.29, 0.717) is 5.56 Å². The van der Waals surface area contributed by atoms with E-state index in [1.807, 2.05) is 0 Å². The van der Waals surface area contributed by atoms with Crippen molar-refractivity contribution < 1.29 is 8.42 Å². The summed E-state index contributed by atoms with van der Waals surface area (Å²) in [5, 5.41) is 0. The number of nitrogens with two attached hydrogens (primary N) is 1. The van der Waals surface area contributed by atoms with Crippen LogP contribution < -0.4 is 5.73 Å². The Balaban J connectivity index is 3.11. The standard InChI is InChI=1S/C9H15N3O2S/c1-9(2,15(3,13)14)8(10)7-4-11-6-12-5-7/h4-6,8H,10H2,1-3H3. The summed E-state index contributed by atoms with van der Waals surface area (Å²) in [6, 6.07) is -0.631. The van der Waals surface area contributed by atoms with Crippen LogP contribution in [0.5, 0.6) is 0 Å². The maximum atomic E-state index is 11.5. The second-order valence-electron chi connectivity index (χ2n) is 4.03. The van der Waals surface area contributed by atoms with Gasteiger partial charge in [0.15, 0.2) is 9.84 Å². The van der Waals surface area contributed by atoms with Crippen molar-refractivity contribution >= 4 is 9.84 Å². The fourth-order valence-corrected chi connectivity index (χ4v) is 1.70. The monoisotopic (exact) mass is 229 g/mol. The molecule has 0 saturated heterocycles. The van der Waals surface area contributed by atoms with Gasteiger partial charge in [-0.05, 0) is 13.8 Å². The zero-order valence-electron chi connectivity index (χ0n) is 9.01. The minimum atomic E-state index is -3.23. The van der Waals surface area contributed by atoms with Crippen LogP contribution >= 0.6 is 0 Å². The average molecular weight is 229 g/mol. The van der Waals surface area contributed by atoms with Gasteiger partial charge in [0.05, 0.1) is 10.8 Å². The summed E-state index contributed by atoms with van der Waals surface area (Å²) in [5.41, 5.74) is 6.52. The zero-order chi connectivity index (χ0) is 11.7. The second-order valence-corrected chi connectivity index (χ2v) is 6.62. The molecule has 1 aromatic heterocycles. The fraction of sp³-hybridized carbons (Fsp3) is 0.556. The first-order valence-electron chi connectivity index (χ1n) is 4.47. The van der Waals surface area contributed by atoms with E-state index in [-0.39, 0.29) is 0 Å². The van der Waals surface area contributed by atoms with Crippen molar-refractivity contribution in [3.05, 3.63) is 24.3 Å². The Labute approximate surface area is 89.7 Å². The third-order valence-corrected chi connectivity index (χ3v) is 4.81. The quantitative estimate of drug-likeness (QED) is 0.805. The van der Waals surface area contributed by atoms with Crippen LogP contribution in [0.3, 0.4) is 0 Å². The molecule has 1 heterocycles. The van der Waals surface area contributed by atoms with E-state index in [4.69, 9.17) is 5.73 Å². The van der Waals surface area contributed by atoms with E-state index < -0.39 is 20.6 Å². The van der Waals surface area contributed by atoms with Gasteiger partial charge < -0.3 is 5.73 Å². The van der Waals surface area contributed by atoms with Gasteiger partial charge in [-0.15, -0.1) is 0 Å². The molecule has 0 saturated carbocycles. The highest BCUT2D eigenvalue weighted by atomic mass is 32.2. The summed E-state index contributed by atoms with van der Waals surface area (Å²) in [6.07, 6.45) is 5.62. The summed E-state index contributed by atoms with van der Waals surface area (Å²) < 4.78 is 22.1. The Morgan fingerprint density at radius 3 is 2.20 bits per heavy atom. The third kappa shape index (κ3) is 2.32.